The van der Waals surface area contributed by atoms with Crippen LogP contribution in [0.3, 0.4) is 0 Å². The summed E-state index contributed by atoms with van der Waals surface area (Å²) < 4.78 is 7.46. The van der Waals surface area contributed by atoms with Gasteiger partial charge in [-0.25, -0.2) is 0 Å². The van der Waals surface area contributed by atoms with E-state index in [1.54, 1.807) is 16.8 Å². The minimum Gasteiger partial charge on any atom is -0.489 e. The Hall–Kier alpha value is -3.05. The van der Waals surface area contributed by atoms with E-state index in [9.17, 15) is 4.79 Å². The van der Waals surface area contributed by atoms with Crippen molar-refractivity contribution < 1.29 is 4.74 Å². The van der Waals surface area contributed by atoms with Gasteiger partial charge in [0.15, 0.2) is 0 Å². The molecule has 5 heteroatoms. The van der Waals surface area contributed by atoms with Crippen molar-refractivity contribution >= 4 is 5.69 Å². The number of rotatable bonds is 6. The summed E-state index contributed by atoms with van der Waals surface area (Å²) in [4.78, 5) is 17.9. The van der Waals surface area contributed by atoms with Crippen molar-refractivity contribution in [2.75, 3.05) is 31.1 Å². The molecule has 1 aliphatic carbocycles. The topological polar surface area (TPSA) is 37.7 Å². The average molecular weight is 442 g/mol. The molecule has 0 bridgehead atoms. The highest BCUT2D eigenvalue weighted by Gasteiger charge is 2.46. The Balaban J connectivity index is 1.07. The lowest BCUT2D eigenvalue weighted by Gasteiger charge is -2.55. The fourth-order valence-electron chi connectivity index (χ4n) is 5.39. The molecule has 6 rings (SSSR count). The number of nitrogens with zero attached hydrogens (tertiary/aromatic N) is 3. The Labute approximate surface area is 195 Å². The standard InChI is InChI=1S/C28H31N3O2/c32-27-18-26(33-19-22-4-2-1-3-5-22)12-15-31(27)25-10-8-24(9-11-25)30-20-28(21-30)13-16-29(17-14-28)23-6-7-23/h1-5,8-12,15,18,23H,6-7,13-14,16-17,19-21H2. The van der Waals surface area contributed by atoms with Crippen molar-refractivity contribution in [1.82, 2.24) is 9.47 Å². The summed E-state index contributed by atoms with van der Waals surface area (Å²) in [6.45, 7) is 5.35. The maximum Gasteiger partial charge on any atom is 0.258 e. The van der Waals surface area contributed by atoms with E-state index >= 15 is 0 Å². The second-order valence-corrected chi connectivity index (χ2v) is 9.98. The van der Waals surface area contributed by atoms with Gasteiger partial charge < -0.3 is 14.5 Å². The molecular weight excluding hydrogens is 410 g/mol. The first-order chi connectivity index (χ1) is 16.2. The molecule has 0 unspecified atom stereocenters. The van der Waals surface area contributed by atoms with E-state index in [1.807, 2.05) is 48.5 Å². The largest absolute Gasteiger partial charge is 0.489 e. The van der Waals surface area contributed by atoms with E-state index < -0.39 is 0 Å². The predicted octanol–water partition coefficient (Wildman–Crippen LogP) is 4.48. The number of anilines is 1. The third-order valence-corrected chi connectivity index (χ3v) is 7.61. The van der Waals surface area contributed by atoms with Crippen LogP contribution in [0.25, 0.3) is 5.69 Å². The van der Waals surface area contributed by atoms with Crippen LogP contribution in [-0.2, 0) is 6.61 Å². The van der Waals surface area contributed by atoms with Crippen molar-refractivity contribution in [2.45, 2.75) is 38.3 Å². The molecule has 1 aromatic heterocycles. The smallest absolute Gasteiger partial charge is 0.258 e. The maximum absolute atomic E-state index is 12.7. The normalized spacial score (nSPS) is 19.9. The van der Waals surface area contributed by atoms with Crippen molar-refractivity contribution in [1.29, 1.82) is 0 Å². The second kappa shape index (κ2) is 8.38. The van der Waals surface area contributed by atoms with Crippen LogP contribution >= 0.6 is 0 Å². The van der Waals surface area contributed by atoms with Gasteiger partial charge >= 0.3 is 0 Å². The molecule has 2 aliphatic heterocycles. The zero-order valence-corrected chi connectivity index (χ0v) is 19.0. The highest BCUT2D eigenvalue weighted by atomic mass is 16.5. The molecule has 5 nitrogen and oxygen atoms in total. The summed E-state index contributed by atoms with van der Waals surface area (Å²) in [5.74, 6) is 0.593. The van der Waals surface area contributed by atoms with E-state index in [1.165, 1.54) is 44.5 Å². The van der Waals surface area contributed by atoms with Crippen molar-refractivity contribution in [3.05, 3.63) is 88.8 Å². The molecule has 3 aliphatic rings. The molecule has 3 aromatic rings. The van der Waals surface area contributed by atoms with E-state index in [0.717, 1.165) is 30.4 Å². The van der Waals surface area contributed by atoms with Crippen molar-refractivity contribution in [3.63, 3.8) is 0 Å². The van der Waals surface area contributed by atoms with Crippen LogP contribution < -0.4 is 15.2 Å². The van der Waals surface area contributed by atoms with Gasteiger partial charge in [-0.1, -0.05) is 30.3 Å². The van der Waals surface area contributed by atoms with Crippen LogP contribution in [0.2, 0.25) is 0 Å². The van der Waals surface area contributed by atoms with Crippen LogP contribution in [0.5, 0.6) is 5.75 Å². The van der Waals surface area contributed by atoms with Gasteiger partial charge in [0.1, 0.15) is 12.4 Å². The van der Waals surface area contributed by atoms with E-state index in [-0.39, 0.29) is 5.56 Å². The molecule has 33 heavy (non-hydrogen) atoms. The summed E-state index contributed by atoms with van der Waals surface area (Å²) >= 11 is 0. The minimum absolute atomic E-state index is 0.0846. The number of aromatic nitrogens is 1. The molecule has 0 atom stereocenters. The molecular formula is C28H31N3O2. The van der Waals surface area contributed by atoms with Gasteiger partial charge in [-0.2, -0.15) is 0 Å². The fourth-order valence-corrected chi connectivity index (χ4v) is 5.39. The van der Waals surface area contributed by atoms with Gasteiger partial charge in [0.05, 0.1) is 0 Å². The minimum atomic E-state index is -0.0846. The Bertz CT molecular complexity index is 1150. The van der Waals surface area contributed by atoms with Gasteiger partial charge in [0.25, 0.3) is 5.56 Å². The van der Waals surface area contributed by atoms with Crippen LogP contribution in [0.1, 0.15) is 31.2 Å². The Morgan fingerprint density at radius 1 is 0.879 bits per heavy atom. The van der Waals surface area contributed by atoms with Gasteiger partial charge in [0.2, 0.25) is 0 Å². The Morgan fingerprint density at radius 2 is 1.58 bits per heavy atom. The lowest BCUT2D eigenvalue weighted by atomic mass is 9.71. The second-order valence-electron chi connectivity index (χ2n) is 9.98. The average Bonchev–Trinajstić information content (AvgIpc) is 3.68. The predicted molar refractivity (Wildman–Crippen MR) is 131 cm³/mol. The molecule has 170 valence electrons. The molecule has 1 saturated carbocycles. The first kappa shape index (κ1) is 20.5. The van der Waals surface area contributed by atoms with E-state index in [4.69, 9.17) is 4.74 Å². The number of hydrogen-bond acceptors (Lipinski definition) is 4. The van der Waals surface area contributed by atoms with Crippen LogP contribution in [0.4, 0.5) is 5.69 Å². The van der Waals surface area contributed by atoms with Gasteiger partial charge in [0, 0.05) is 48.2 Å². The monoisotopic (exact) mass is 441 g/mol. The highest BCUT2D eigenvalue weighted by molar-refractivity contribution is 5.53. The lowest BCUT2D eigenvalue weighted by Crippen LogP contribution is -2.60. The summed E-state index contributed by atoms with van der Waals surface area (Å²) in [7, 11) is 0. The zero-order valence-electron chi connectivity index (χ0n) is 19.0. The number of pyridine rings is 1. The molecule has 2 saturated heterocycles. The van der Waals surface area contributed by atoms with Gasteiger partial charge in [-0.3, -0.25) is 9.36 Å². The summed E-state index contributed by atoms with van der Waals surface area (Å²) in [5.41, 5.74) is 3.66. The number of benzene rings is 2. The molecule has 2 aromatic carbocycles. The van der Waals surface area contributed by atoms with E-state index in [0.29, 0.717) is 17.8 Å². The Kier molecular flexibility index (Phi) is 5.22. The lowest BCUT2D eigenvalue weighted by molar-refractivity contribution is 0.0722. The maximum atomic E-state index is 12.7. The molecule has 3 heterocycles. The van der Waals surface area contributed by atoms with Gasteiger partial charge in [-0.15, -0.1) is 0 Å². The van der Waals surface area contributed by atoms with Gasteiger partial charge in [-0.05, 0) is 74.7 Å². The van der Waals surface area contributed by atoms with Crippen molar-refractivity contribution in [2.24, 2.45) is 5.41 Å². The molecule has 1 spiro atoms. The summed E-state index contributed by atoms with van der Waals surface area (Å²) in [6, 6.07) is 22.7. The van der Waals surface area contributed by atoms with Crippen LogP contribution in [0, 0.1) is 5.41 Å². The van der Waals surface area contributed by atoms with Crippen LogP contribution in [-0.4, -0.2) is 41.7 Å². The third kappa shape index (κ3) is 4.30. The number of ether oxygens (including phenoxy) is 1. The zero-order chi connectivity index (χ0) is 22.3. The molecule has 0 radical (unpaired) electrons. The first-order valence-corrected chi connectivity index (χ1v) is 12.2. The Morgan fingerprint density at radius 3 is 2.24 bits per heavy atom. The quantitative estimate of drug-likeness (QED) is 0.565. The fraction of sp³-hybridized carbons (Fsp3) is 0.393. The molecule has 3 fully saturated rings. The molecule has 0 N–H and O–H groups in total. The highest BCUT2D eigenvalue weighted by Crippen LogP contribution is 2.44. The number of likely N-dealkylation sites (tertiary alicyclic amines) is 1. The SMILES string of the molecule is O=c1cc(OCc2ccccc2)ccn1-c1ccc(N2CC3(CCN(C4CC4)CC3)C2)cc1. The van der Waals surface area contributed by atoms with Crippen molar-refractivity contribution in [3.8, 4) is 11.4 Å². The summed E-state index contributed by atoms with van der Waals surface area (Å²) in [6.07, 6.45) is 7.30. The van der Waals surface area contributed by atoms with E-state index in [2.05, 4.69) is 21.9 Å². The molecule has 0 amide bonds. The first-order valence-electron chi connectivity index (χ1n) is 12.2. The summed E-state index contributed by atoms with van der Waals surface area (Å²) in [5, 5.41) is 0. The van der Waals surface area contributed by atoms with Crippen LogP contribution in [0.15, 0.2) is 77.7 Å². The number of piperidine rings is 1. The number of hydrogen-bond donors (Lipinski definition) is 0. The third-order valence-electron chi connectivity index (χ3n) is 7.61.